The molecule has 0 bridgehead atoms. The van der Waals surface area contributed by atoms with Crippen LogP contribution in [0.5, 0.6) is 0 Å². The number of nitrogens with zero attached hydrogens (tertiary/aromatic N) is 1. The summed E-state index contributed by atoms with van der Waals surface area (Å²) in [5.74, 6) is 7.27. The van der Waals surface area contributed by atoms with Crippen LogP contribution in [0.25, 0.3) is 5.03 Å². The molecule has 0 unspecified atom stereocenters. The first-order valence-corrected chi connectivity index (χ1v) is 11.4. The third kappa shape index (κ3) is 9.19. The number of hydrogen-bond acceptors (Lipinski definition) is 4. The fraction of sp³-hybridized carbons (Fsp3) is 0.407. The number of halogens is 1. The van der Waals surface area contributed by atoms with Crippen LogP contribution in [0.1, 0.15) is 57.9 Å². The zero-order valence-electron chi connectivity index (χ0n) is 21.2. The van der Waals surface area contributed by atoms with Crippen molar-refractivity contribution in [3.63, 3.8) is 0 Å². The first-order valence-electron chi connectivity index (χ1n) is 11.0. The zero-order valence-corrected chi connectivity index (χ0v) is 22.0. The molecule has 2 N–H and O–H groups in total. The Morgan fingerprint density at radius 3 is 2.39 bits per heavy atom. The second kappa shape index (κ2) is 15.8. The monoisotopic (exact) mass is 474 g/mol. The van der Waals surface area contributed by atoms with Gasteiger partial charge in [-0.3, -0.25) is 0 Å². The summed E-state index contributed by atoms with van der Waals surface area (Å²) >= 11 is 6.27. The normalized spacial score (nSPS) is 11.5. The average molecular weight is 475 g/mol. The molecule has 1 aromatic rings. The molecule has 0 saturated carbocycles. The third-order valence-electron chi connectivity index (χ3n) is 4.67. The first-order chi connectivity index (χ1) is 15.7. The van der Waals surface area contributed by atoms with E-state index >= 15 is 0 Å². The summed E-state index contributed by atoms with van der Waals surface area (Å²) < 4.78 is 18.0. The number of ether oxygens (including phenoxy) is 3. The van der Waals surface area contributed by atoms with Gasteiger partial charge in [0.05, 0.1) is 25.8 Å². The first kappa shape index (κ1) is 30.0. The Bertz CT molecular complexity index is 956. The summed E-state index contributed by atoms with van der Waals surface area (Å²) in [5.41, 5.74) is 11.4. The standard InChI is InChI=1S/C25H33ClN2O3.C2H6/c1-9-17(3)25(29-8)18(4)23(27)16-28-15-22(24(19(5)26)20(28)6)13-11-12-14-31-21(7)30-10-2;1-2/h9,15H,1,5,7,10,12,14,16,27H2,2-4,6,8H3;1-2H3/b23-18-,25-17+;. The summed E-state index contributed by atoms with van der Waals surface area (Å²) in [6.45, 7) is 24.4. The van der Waals surface area contributed by atoms with Crippen LogP contribution >= 0.6 is 11.6 Å². The van der Waals surface area contributed by atoms with Gasteiger partial charge in [-0.2, -0.15) is 0 Å². The molecule has 182 valence electrons. The van der Waals surface area contributed by atoms with Gasteiger partial charge in [-0.05, 0) is 39.8 Å². The van der Waals surface area contributed by atoms with Crippen molar-refractivity contribution in [2.24, 2.45) is 5.73 Å². The number of aromatic nitrogens is 1. The van der Waals surface area contributed by atoms with Crippen LogP contribution in [0.3, 0.4) is 0 Å². The Kier molecular flexibility index (Phi) is 14.4. The second-order valence-corrected chi connectivity index (χ2v) is 7.27. The topological polar surface area (TPSA) is 58.6 Å². The van der Waals surface area contributed by atoms with Crippen molar-refractivity contribution in [2.45, 2.75) is 54.5 Å². The van der Waals surface area contributed by atoms with E-state index in [2.05, 4.69) is 31.6 Å². The maximum atomic E-state index is 6.40. The van der Waals surface area contributed by atoms with Gasteiger partial charge in [-0.25, -0.2) is 0 Å². The van der Waals surface area contributed by atoms with Gasteiger partial charge in [-0.1, -0.05) is 56.5 Å². The molecule has 0 fully saturated rings. The maximum absolute atomic E-state index is 6.40. The van der Waals surface area contributed by atoms with E-state index in [0.29, 0.717) is 48.6 Å². The molecule has 6 heteroatoms. The van der Waals surface area contributed by atoms with Crippen molar-refractivity contribution < 1.29 is 14.2 Å². The van der Waals surface area contributed by atoms with E-state index in [-0.39, 0.29) is 0 Å². The van der Waals surface area contributed by atoms with Crippen molar-refractivity contribution in [1.82, 2.24) is 4.57 Å². The molecule has 0 saturated heterocycles. The fourth-order valence-corrected chi connectivity index (χ4v) is 3.22. The molecule has 0 aliphatic rings. The fourth-order valence-electron chi connectivity index (χ4n) is 2.98. The van der Waals surface area contributed by atoms with E-state index in [0.717, 1.165) is 28.0 Å². The van der Waals surface area contributed by atoms with Crippen LogP contribution in [-0.4, -0.2) is 24.9 Å². The summed E-state index contributed by atoms with van der Waals surface area (Å²) in [7, 11) is 1.62. The number of allylic oxidation sites excluding steroid dienone is 4. The molecule has 0 aliphatic heterocycles. The van der Waals surface area contributed by atoms with Crippen LogP contribution in [-0.2, 0) is 20.8 Å². The minimum absolute atomic E-state index is 0.301. The van der Waals surface area contributed by atoms with Gasteiger partial charge in [0.15, 0.2) is 0 Å². The predicted molar refractivity (Wildman–Crippen MR) is 140 cm³/mol. The third-order valence-corrected chi connectivity index (χ3v) is 4.86. The zero-order chi connectivity index (χ0) is 25.6. The highest BCUT2D eigenvalue weighted by Crippen LogP contribution is 2.27. The lowest BCUT2D eigenvalue weighted by Gasteiger charge is -2.14. The average Bonchev–Trinajstić information content (AvgIpc) is 3.10. The molecule has 0 radical (unpaired) electrons. The summed E-state index contributed by atoms with van der Waals surface area (Å²) in [6.07, 6.45) is 4.20. The molecule has 0 amide bonds. The second-order valence-electron chi connectivity index (χ2n) is 6.81. The molecule has 1 rings (SSSR count). The lowest BCUT2D eigenvalue weighted by atomic mass is 10.1. The van der Waals surface area contributed by atoms with E-state index in [1.54, 1.807) is 13.2 Å². The van der Waals surface area contributed by atoms with E-state index in [4.69, 9.17) is 31.5 Å². The predicted octanol–water partition coefficient (Wildman–Crippen LogP) is 6.64. The highest BCUT2D eigenvalue weighted by Gasteiger charge is 2.15. The quantitative estimate of drug-likeness (QED) is 0.169. The van der Waals surface area contributed by atoms with Gasteiger partial charge in [0.1, 0.15) is 12.4 Å². The smallest absolute Gasteiger partial charge is 0.271 e. The van der Waals surface area contributed by atoms with Crippen LogP contribution < -0.4 is 5.73 Å². The Morgan fingerprint density at radius 2 is 1.88 bits per heavy atom. The minimum atomic E-state index is 0.301. The highest BCUT2D eigenvalue weighted by atomic mass is 35.5. The number of nitrogens with two attached hydrogens (primary N) is 1. The highest BCUT2D eigenvalue weighted by molar-refractivity contribution is 6.48. The Morgan fingerprint density at radius 1 is 1.24 bits per heavy atom. The Hall–Kier alpha value is -2.97. The molecule has 0 atom stereocenters. The minimum Gasteiger partial charge on any atom is -0.496 e. The number of methoxy groups -OCH3 is 1. The summed E-state index contributed by atoms with van der Waals surface area (Å²) in [5, 5.41) is 0.431. The van der Waals surface area contributed by atoms with E-state index in [1.807, 2.05) is 52.3 Å². The number of hydrogen-bond donors (Lipinski definition) is 1. The number of rotatable bonds is 11. The molecule has 0 aliphatic carbocycles. The Labute approximate surface area is 205 Å². The van der Waals surface area contributed by atoms with Crippen molar-refractivity contribution in [3.05, 3.63) is 77.4 Å². The van der Waals surface area contributed by atoms with Crippen LogP contribution in [0.2, 0.25) is 0 Å². The lowest BCUT2D eigenvalue weighted by molar-refractivity contribution is 0.0452. The maximum Gasteiger partial charge on any atom is 0.271 e. The van der Waals surface area contributed by atoms with E-state index in [9.17, 15) is 0 Å². The molecule has 33 heavy (non-hydrogen) atoms. The van der Waals surface area contributed by atoms with Crippen molar-refractivity contribution in [2.75, 3.05) is 20.3 Å². The van der Waals surface area contributed by atoms with E-state index < -0.39 is 0 Å². The van der Waals surface area contributed by atoms with Gasteiger partial charge in [0, 0.05) is 40.2 Å². The Balaban J connectivity index is 0.00000497. The van der Waals surface area contributed by atoms with Gasteiger partial charge < -0.3 is 24.5 Å². The molecule has 0 aromatic carbocycles. The van der Waals surface area contributed by atoms with Crippen molar-refractivity contribution in [1.29, 1.82) is 0 Å². The van der Waals surface area contributed by atoms with Gasteiger partial charge in [0.25, 0.3) is 5.95 Å². The molecule has 1 aromatic heterocycles. The summed E-state index contributed by atoms with van der Waals surface area (Å²) in [6, 6.07) is 0. The van der Waals surface area contributed by atoms with Crippen molar-refractivity contribution in [3.8, 4) is 11.8 Å². The molecule has 0 spiro atoms. The van der Waals surface area contributed by atoms with Crippen LogP contribution in [0, 0.1) is 18.8 Å². The molecular weight excluding hydrogens is 436 g/mol. The largest absolute Gasteiger partial charge is 0.496 e. The summed E-state index contributed by atoms with van der Waals surface area (Å²) in [4.78, 5) is 0. The lowest BCUT2D eigenvalue weighted by Crippen LogP contribution is -2.13. The molecular formula is C27H39ClN2O3. The molecule has 1 heterocycles. The molecule has 5 nitrogen and oxygen atoms in total. The van der Waals surface area contributed by atoms with Crippen LogP contribution in [0.15, 0.2) is 60.6 Å². The SMILES string of the molecule is C=C/C(C)=C(OC)\C(C)=C(/N)Cn1cc(C#CCCOC(=C)OCC)c(C(=C)Cl)c1C.CC. The van der Waals surface area contributed by atoms with E-state index in [1.165, 1.54) is 0 Å². The van der Waals surface area contributed by atoms with Gasteiger partial charge in [0.2, 0.25) is 0 Å². The van der Waals surface area contributed by atoms with Crippen molar-refractivity contribution >= 4 is 16.6 Å². The van der Waals surface area contributed by atoms with Crippen LogP contribution in [0.4, 0.5) is 0 Å². The van der Waals surface area contributed by atoms with Gasteiger partial charge >= 0.3 is 0 Å². The van der Waals surface area contributed by atoms with Gasteiger partial charge in [-0.15, -0.1) is 0 Å².